The molecule has 0 amide bonds. The maximum absolute atomic E-state index is 11.0. The van der Waals surface area contributed by atoms with Crippen LogP contribution in [0.25, 0.3) is 0 Å². The number of aliphatic hydroxyl groups is 2. The maximum atomic E-state index is 11.0. The first-order valence-electron chi connectivity index (χ1n) is 16.1. The molecule has 0 radical (unpaired) electrons. The second kappa shape index (κ2) is 11.4. The molecule has 0 spiro atoms. The van der Waals surface area contributed by atoms with Crippen molar-refractivity contribution in [2.75, 3.05) is 26.8 Å². The summed E-state index contributed by atoms with van der Waals surface area (Å²) in [5, 5.41) is 36.7. The van der Waals surface area contributed by atoms with Gasteiger partial charge in [-0.25, -0.2) is 0 Å². The van der Waals surface area contributed by atoms with Crippen LogP contribution in [0, 0.1) is 29.1 Å². The summed E-state index contributed by atoms with van der Waals surface area (Å²) >= 11 is 0. The van der Waals surface area contributed by atoms with E-state index in [0.717, 1.165) is 37.8 Å². The molecule has 3 aliphatic heterocycles. The Bertz CT molecular complexity index is 835. The molecule has 6 rings (SSSR count). The third-order valence-electron chi connectivity index (χ3n) is 11.9. The van der Waals surface area contributed by atoms with Gasteiger partial charge in [-0.1, -0.05) is 20.8 Å². The summed E-state index contributed by atoms with van der Waals surface area (Å²) in [5.74, 6) is 2.12. The molecule has 9 heteroatoms. The molecule has 6 fully saturated rings. The lowest BCUT2D eigenvalue weighted by molar-refractivity contribution is -0.0279. The largest absolute Gasteiger partial charge is 0.390 e. The molecule has 0 bridgehead atoms. The fourth-order valence-corrected chi connectivity index (χ4v) is 9.19. The van der Waals surface area contributed by atoms with Crippen LogP contribution in [-0.4, -0.2) is 102 Å². The van der Waals surface area contributed by atoms with Crippen molar-refractivity contribution in [3.63, 3.8) is 0 Å². The molecule has 39 heavy (non-hydrogen) atoms. The molecule has 3 aliphatic carbocycles. The Morgan fingerprint density at radius 1 is 0.923 bits per heavy atom. The Balaban J connectivity index is 0.920. The highest BCUT2D eigenvalue weighted by Gasteiger charge is 2.51. The zero-order valence-corrected chi connectivity index (χ0v) is 24.9. The molecule has 8 N–H and O–H groups in total. The second-order valence-electron chi connectivity index (χ2n) is 15.3. The van der Waals surface area contributed by atoms with Crippen LogP contribution in [0.3, 0.4) is 0 Å². The molecule has 6 aliphatic rings. The van der Waals surface area contributed by atoms with Crippen molar-refractivity contribution in [1.82, 2.24) is 31.1 Å². The number of fused-ring (bicyclic) bond motifs is 2. The summed E-state index contributed by atoms with van der Waals surface area (Å²) in [6, 6.07) is 1.94. The van der Waals surface area contributed by atoms with Crippen LogP contribution in [-0.2, 0) is 0 Å². The number of hydrogen-bond acceptors (Lipinski definition) is 9. The molecule has 7 unspecified atom stereocenters. The zero-order chi connectivity index (χ0) is 27.5. The van der Waals surface area contributed by atoms with Crippen molar-refractivity contribution in [2.24, 2.45) is 34.8 Å². The zero-order valence-electron chi connectivity index (χ0n) is 24.9. The van der Waals surface area contributed by atoms with Crippen molar-refractivity contribution in [1.29, 1.82) is 0 Å². The number of nitrogens with one attached hydrogen (secondary N) is 4. The molecule has 3 saturated heterocycles. The standard InChI is InChI=1S/C30H57N7O2/c1-30(2,3)19-6-7-22-23(14-19)35-25(34-22)8-5-17-11-20(12-17)36(4)15-18-13-24(27(39)26(18)38)37-10-9-21-28(31)32-16-33-29(21)37/h17-29,32-35,38-39H,5-16,31H2,1-4H3/t17?,18-,19?,20?,21?,22?,23?,24-,25?,26-,27+,28?,29?/m1/s1. The summed E-state index contributed by atoms with van der Waals surface area (Å²) in [4.78, 5) is 4.86. The highest BCUT2D eigenvalue weighted by molar-refractivity contribution is 5.04. The van der Waals surface area contributed by atoms with Gasteiger partial charge in [0.2, 0.25) is 0 Å². The number of rotatable bonds is 7. The van der Waals surface area contributed by atoms with Gasteiger partial charge in [0.25, 0.3) is 0 Å². The lowest BCUT2D eigenvalue weighted by Crippen LogP contribution is -2.64. The summed E-state index contributed by atoms with van der Waals surface area (Å²) in [5.41, 5.74) is 6.72. The van der Waals surface area contributed by atoms with Gasteiger partial charge in [0, 0.05) is 55.8 Å². The number of nitrogens with two attached hydrogens (primary N) is 1. The number of nitrogens with zero attached hydrogens (tertiary/aromatic N) is 2. The average Bonchev–Trinajstić information content (AvgIpc) is 3.54. The molecule has 9 nitrogen and oxygen atoms in total. The van der Waals surface area contributed by atoms with Crippen molar-refractivity contribution in [2.45, 2.75) is 133 Å². The minimum atomic E-state index is -0.682. The molecular weight excluding hydrogens is 490 g/mol. The summed E-state index contributed by atoms with van der Waals surface area (Å²) in [7, 11) is 2.23. The van der Waals surface area contributed by atoms with E-state index in [1.54, 1.807) is 0 Å². The summed E-state index contributed by atoms with van der Waals surface area (Å²) in [6.45, 7) is 9.71. The van der Waals surface area contributed by atoms with Gasteiger partial charge >= 0.3 is 0 Å². The van der Waals surface area contributed by atoms with E-state index >= 15 is 0 Å². The summed E-state index contributed by atoms with van der Waals surface area (Å²) < 4.78 is 0. The van der Waals surface area contributed by atoms with Crippen LogP contribution in [0.4, 0.5) is 0 Å². The van der Waals surface area contributed by atoms with Crippen molar-refractivity contribution < 1.29 is 10.2 Å². The van der Waals surface area contributed by atoms with E-state index < -0.39 is 12.2 Å². The van der Waals surface area contributed by atoms with E-state index in [2.05, 4.69) is 58.9 Å². The molecular formula is C30H57N7O2. The van der Waals surface area contributed by atoms with Crippen molar-refractivity contribution in [3.8, 4) is 0 Å². The monoisotopic (exact) mass is 547 g/mol. The van der Waals surface area contributed by atoms with Gasteiger partial charge < -0.3 is 20.8 Å². The van der Waals surface area contributed by atoms with Crippen LogP contribution < -0.4 is 27.0 Å². The second-order valence-corrected chi connectivity index (χ2v) is 15.3. The summed E-state index contributed by atoms with van der Waals surface area (Å²) in [6.07, 6.45) is 10.3. The minimum Gasteiger partial charge on any atom is -0.390 e. The van der Waals surface area contributed by atoms with Crippen LogP contribution in [0.1, 0.15) is 78.6 Å². The Hall–Kier alpha value is -0.360. The average molecular weight is 548 g/mol. The van der Waals surface area contributed by atoms with Crippen LogP contribution in [0.15, 0.2) is 0 Å². The first kappa shape index (κ1) is 28.7. The smallest absolute Gasteiger partial charge is 0.0957 e. The van der Waals surface area contributed by atoms with Crippen LogP contribution in [0.2, 0.25) is 0 Å². The lowest BCUT2D eigenvalue weighted by atomic mass is 9.70. The Morgan fingerprint density at radius 3 is 2.46 bits per heavy atom. The fourth-order valence-electron chi connectivity index (χ4n) is 9.19. The first-order valence-corrected chi connectivity index (χ1v) is 16.1. The fraction of sp³-hybridized carbons (Fsp3) is 1.00. The Kier molecular flexibility index (Phi) is 8.39. The first-order chi connectivity index (χ1) is 18.6. The molecule has 0 aromatic rings. The normalized spacial score (nSPS) is 48.8. The van der Waals surface area contributed by atoms with Gasteiger partial charge in [-0.2, -0.15) is 0 Å². The molecule has 3 heterocycles. The molecule has 224 valence electrons. The molecule has 11 atom stereocenters. The van der Waals surface area contributed by atoms with Crippen molar-refractivity contribution in [3.05, 3.63) is 0 Å². The SMILES string of the molecule is CN(C[C@H]1C[C@@H](N2CCC3C(N)NCNC32)[C@H](O)[C@@H]1O)C1CC(CCC2NC3CCC(C(C)(C)C)CC3N2)C1. The predicted molar refractivity (Wildman–Crippen MR) is 154 cm³/mol. The molecule has 0 aromatic carbocycles. The van der Waals surface area contributed by atoms with E-state index in [-0.39, 0.29) is 24.3 Å². The quantitative estimate of drug-likeness (QED) is 0.248. The number of hydrogen-bond donors (Lipinski definition) is 7. The van der Waals surface area contributed by atoms with Gasteiger partial charge in [-0.05, 0) is 82.1 Å². The van der Waals surface area contributed by atoms with E-state index in [9.17, 15) is 10.2 Å². The van der Waals surface area contributed by atoms with E-state index in [1.165, 1.54) is 44.9 Å². The molecule has 3 saturated carbocycles. The number of likely N-dealkylation sites (tertiary alicyclic amines) is 1. The molecule has 0 aromatic heterocycles. The number of aliphatic hydroxyl groups excluding tert-OH is 2. The van der Waals surface area contributed by atoms with Gasteiger partial charge in [0.1, 0.15) is 0 Å². The highest BCUT2D eigenvalue weighted by Crippen LogP contribution is 2.41. The van der Waals surface area contributed by atoms with E-state index in [4.69, 9.17) is 5.73 Å². The lowest BCUT2D eigenvalue weighted by Gasteiger charge is -2.43. The minimum absolute atomic E-state index is 0.00315. The Labute approximate surface area is 236 Å². The van der Waals surface area contributed by atoms with Gasteiger partial charge in [-0.15, -0.1) is 0 Å². The predicted octanol–water partition coefficient (Wildman–Crippen LogP) is 0.773. The van der Waals surface area contributed by atoms with Crippen molar-refractivity contribution >= 4 is 0 Å². The van der Waals surface area contributed by atoms with Crippen LogP contribution in [0.5, 0.6) is 0 Å². The topological polar surface area (TPSA) is 121 Å². The van der Waals surface area contributed by atoms with Gasteiger partial charge in [-0.3, -0.25) is 26.2 Å². The van der Waals surface area contributed by atoms with E-state index in [0.29, 0.717) is 42.3 Å². The van der Waals surface area contributed by atoms with Gasteiger partial charge in [0.15, 0.2) is 0 Å². The maximum Gasteiger partial charge on any atom is 0.0957 e. The third kappa shape index (κ3) is 5.82. The Morgan fingerprint density at radius 2 is 1.69 bits per heavy atom. The van der Waals surface area contributed by atoms with Crippen LogP contribution >= 0.6 is 0 Å². The third-order valence-corrected chi connectivity index (χ3v) is 11.9. The van der Waals surface area contributed by atoms with E-state index in [1.807, 2.05) is 0 Å². The van der Waals surface area contributed by atoms with Gasteiger partial charge in [0.05, 0.1) is 30.7 Å². The highest BCUT2D eigenvalue weighted by atomic mass is 16.3.